The van der Waals surface area contributed by atoms with E-state index >= 15 is 0 Å². The van der Waals surface area contributed by atoms with Gasteiger partial charge in [0.1, 0.15) is 5.69 Å². The average molecular weight is 233 g/mol. The largest absolute Gasteiger partial charge is 0.324 e. The van der Waals surface area contributed by atoms with E-state index in [1.807, 2.05) is 0 Å². The molecule has 0 aromatic carbocycles. The number of hydrogen-bond donors (Lipinski definition) is 1. The lowest BCUT2D eigenvalue weighted by atomic mass is 10.2. The highest BCUT2D eigenvalue weighted by Gasteiger charge is 2.11. The fourth-order valence-corrected chi connectivity index (χ4v) is 1.02. The molecule has 0 saturated heterocycles. The Labute approximate surface area is 76.9 Å². The summed E-state index contributed by atoms with van der Waals surface area (Å²) in [7, 11) is 0. The quantitative estimate of drug-likeness (QED) is 0.779. The van der Waals surface area contributed by atoms with Gasteiger partial charge in [-0.2, -0.15) is 0 Å². The Morgan fingerprint density at radius 1 is 1.75 bits per heavy atom. The van der Waals surface area contributed by atoms with E-state index in [1.54, 1.807) is 0 Å². The van der Waals surface area contributed by atoms with Gasteiger partial charge in [-0.3, -0.25) is 4.79 Å². The number of hydrogen-bond acceptors (Lipinski definition) is 3. The number of halogens is 2. The molecule has 1 aromatic heterocycles. The summed E-state index contributed by atoms with van der Waals surface area (Å²) >= 11 is 3.02. The van der Waals surface area contributed by atoms with Gasteiger partial charge in [0.05, 0.1) is 6.54 Å². The Balaban J connectivity index is 3.09. The molecule has 0 bridgehead atoms. The van der Waals surface area contributed by atoms with Crippen LogP contribution in [0.2, 0.25) is 0 Å². The maximum absolute atomic E-state index is 12.9. The van der Waals surface area contributed by atoms with Gasteiger partial charge in [-0.15, -0.1) is 0 Å². The van der Waals surface area contributed by atoms with Crippen molar-refractivity contribution in [3.05, 3.63) is 28.2 Å². The van der Waals surface area contributed by atoms with Crippen molar-refractivity contribution in [2.75, 3.05) is 6.54 Å². The number of rotatable bonds is 2. The molecule has 0 spiro atoms. The molecule has 0 amide bonds. The fraction of sp³-hybridized carbons (Fsp3) is 0.143. The Bertz CT molecular complexity index is 316. The van der Waals surface area contributed by atoms with Gasteiger partial charge in [0.15, 0.2) is 11.6 Å². The second-order valence-corrected chi connectivity index (χ2v) is 3.03. The number of carbonyl (C=O) groups is 1. The summed E-state index contributed by atoms with van der Waals surface area (Å²) in [5, 5.41) is 0. The van der Waals surface area contributed by atoms with Crippen molar-refractivity contribution in [2.24, 2.45) is 5.73 Å². The van der Waals surface area contributed by atoms with Crippen LogP contribution in [0.15, 0.2) is 16.7 Å². The first kappa shape index (κ1) is 9.28. The Morgan fingerprint density at radius 2 is 2.42 bits per heavy atom. The standard InChI is InChI=1S/C7H6BrFN2O/c8-4-1-5(9)7(11-3-4)6(12)2-10/h1,3H,2,10H2. The number of Topliss-reactive ketones (excluding diaryl/α,β-unsaturated/α-hetero) is 1. The number of aromatic nitrogens is 1. The van der Waals surface area contributed by atoms with Gasteiger partial charge in [0, 0.05) is 10.7 Å². The van der Waals surface area contributed by atoms with Gasteiger partial charge in [0.2, 0.25) is 0 Å². The molecular weight excluding hydrogens is 227 g/mol. The summed E-state index contributed by atoms with van der Waals surface area (Å²) in [6.45, 7) is -0.231. The Morgan fingerprint density at radius 3 is 2.92 bits per heavy atom. The third-order valence-corrected chi connectivity index (χ3v) is 1.69. The average Bonchev–Trinajstić information content (AvgIpc) is 2.03. The van der Waals surface area contributed by atoms with Crippen LogP contribution in [0.5, 0.6) is 0 Å². The van der Waals surface area contributed by atoms with Crippen molar-refractivity contribution in [3.63, 3.8) is 0 Å². The normalized spacial score (nSPS) is 9.92. The molecule has 1 heterocycles. The molecule has 0 fully saturated rings. The van der Waals surface area contributed by atoms with Crippen LogP contribution in [0.1, 0.15) is 10.5 Å². The fourth-order valence-electron chi connectivity index (χ4n) is 0.716. The highest BCUT2D eigenvalue weighted by Crippen LogP contribution is 2.12. The van der Waals surface area contributed by atoms with Crippen LogP contribution < -0.4 is 5.73 Å². The van der Waals surface area contributed by atoms with Gasteiger partial charge >= 0.3 is 0 Å². The zero-order chi connectivity index (χ0) is 9.14. The zero-order valence-electron chi connectivity index (χ0n) is 6.05. The molecular formula is C7H6BrFN2O. The number of nitrogens with zero attached hydrogens (tertiary/aromatic N) is 1. The summed E-state index contributed by atoms with van der Waals surface area (Å²) in [6, 6.07) is 1.18. The predicted octanol–water partition coefficient (Wildman–Crippen LogP) is 1.12. The molecule has 1 aromatic rings. The number of pyridine rings is 1. The molecule has 64 valence electrons. The van der Waals surface area contributed by atoms with Gasteiger partial charge < -0.3 is 5.73 Å². The molecule has 0 aliphatic carbocycles. The van der Waals surface area contributed by atoms with Crippen molar-refractivity contribution < 1.29 is 9.18 Å². The van der Waals surface area contributed by atoms with Crippen LogP contribution in [-0.4, -0.2) is 17.3 Å². The first-order chi connectivity index (χ1) is 5.65. The molecule has 5 heteroatoms. The van der Waals surface area contributed by atoms with Crippen molar-refractivity contribution in [1.82, 2.24) is 4.98 Å². The first-order valence-electron chi connectivity index (χ1n) is 3.19. The van der Waals surface area contributed by atoms with E-state index < -0.39 is 11.6 Å². The summed E-state index contributed by atoms with van der Waals surface area (Å²) < 4.78 is 13.4. The van der Waals surface area contributed by atoms with Crippen LogP contribution in [0.3, 0.4) is 0 Å². The summed E-state index contributed by atoms with van der Waals surface area (Å²) in [5.74, 6) is -1.15. The predicted molar refractivity (Wildman–Crippen MR) is 45.3 cm³/mol. The van der Waals surface area contributed by atoms with E-state index in [4.69, 9.17) is 5.73 Å². The van der Waals surface area contributed by atoms with Crippen molar-refractivity contribution >= 4 is 21.7 Å². The molecule has 2 N–H and O–H groups in total. The molecule has 3 nitrogen and oxygen atoms in total. The minimum atomic E-state index is -0.653. The minimum absolute atomic E-state index is 0.208. The number of ketones is 1. The van der Waals surface area contributed by atoms with Crippen molar-refractivity contribution in [1.29, 1.82) is 0 Å². The topological polar surface area (TPSA) is 56.0 Å². The molecule has 0 aliphatic rings. The molecule has 0 aliphatic heterocycles. The van der Waals surface area contributed by atoms with E-state index in [9.17, 15) is 9.18 Å². The van der Waals surface area contributed by atoms with Gasteiger partial charge in [-0.1, -0.05) is 0 Å². The summed E-state index contributed by atoms with van der Waals surface area (Å²) in [4.78, 5) is 14.5. The maximum atomic E-state index is 12.9. The molecule has 1 rings (SSSR count). The Hall–Kier alpha value is -0.810. The van der Waals surface area contributed by atoms with Crippen LogP contribution in [0.4, 0.5) is 4.39 Å². The van der Waals surface area contributed by atoms with E-state index in [1.165, 1.54) is 12.3 Å². The highest BCUT2D eigenvalue weighted by molar-refractivity contribution is 9.10. The molecule has 0 unspecified atom stereocenters. The number of carbonyl (C=O) groups excluding carboxylic acids is 1. The lowest BCUT2D eigenvalue weighted by Gasteiger charge is -1.98. The van der Waals surface area contributed by atoms with Crippen LogP contribution >= 0.6 is 15.9 Å². The summed E-state index contributed by atoms with van der Waals surface area (Å²) in [6.07, 6.45) is 1.35. The van der Waals surface area contributed by atoms with Crippen LogP contribution in [0, 0.1) is 5.82 Å². The monoisotopic (exact) mass is 232 g/mol. The second-order valence-electron chi connectivity index (χ2n) is 2.11. The number of nitrogens with two attached hydrogens (primary N) is 1. The minimum Gasteiger partial charge on any atom is -0.324 e. The molecule has 0 saturated carbocycles. The van der Waals surface area contributed by atoms with E-state index in [0.717, 1.165) is 0 Å². The second kappa shape index (κ2) is 3.73. The van der Waals surface area contributed by atoms with Crippen molar-refractivity contribution in [2.45, 2.75) is 0 Å². The van der Waals surface area contributed by atoms with Crippen LogP contribution in [-0.2, 0) is 0 Å². The maximum Gasteiger partial charge on any atom is 0.197 e. The molecule has 12 heavy (non-hydrogen) atoms. The smallest absolute Gasteiger partial charge is 0.197 e. The zero-order valence-corrected chi connectivity index (χ0v) is 7.64. The third kappa shape index (κ3) is 1.86. The Kier molecular flexibility index (Phi) is 2.88. The first-order valence-corrected chi connectivity index (χ1v) is 3.98. The molecule has 0 radical (unpaired) electrons. The SMILES string of the molecule is NCC(=O)c1ncc(Br)cc1F. The van der Waals surface area contributed by atoms with Crippen molar-refractivity contribution in [3.8, 4) is 0 Å². The van der Waals surface area contributed by atoms with Gasteiger partial charge in [-0.05, 0) is 22.0 Å². The van der Waals surface area contributed by atoms with Crippen LogP contribution in [0.25, 0.3) is 0 Å². The third-order valence-electron chi connectivity index (χ3n) is 1.26. The van der Waals surface area contributed by atoms with Gasteiger partial charge in [0.25, 0.3) is 0 Å². The van der Waals surface area contributed by atoms with Gasteiger partial charge in [-0.25, -0.2) is 9.37 Å². The van der Waals surface area contributed by atoms with E-state index in [0.29, 0.717) is 4.47 Å². The molecule has 0 atom stereocenters. The highest BCUT2D eigenvalue weighted by atomic mass is 79.9. The van der Waals surface area contributed by atoms with E-state index in [2.05, 4.69) is 20.9 Å². The summed E-state index contributed by atoms with van der Waals surface area (Å²) in [5.41, 5.74) is 4.84. The van der Waals surface area contributed by atoms with E-state index in [-0.39, 0.29) is 12.2 Å². The lowest BCUT2D eigenvalue weighted by Crippen LogP contribution is -2.16. The lowest BCUT2D eigenvalue weighted by molar-refractivity contribution is 0.0992.